The van der Waals surface area contributed by atoms with E-state index in [1.54, 1.807) is 0 Å². The van der Waals surface area contributed by atoms with Crippen LogP contribution in [0.15, 0.2) is 17.5 Å². The summed E-state index contributed by atoms with van der Waals surface area (Å²) in [6, 6.07) is 3.71. The van der Waals surface area contributed by atoms with Gasteiger partial charge in [0.2, 0.25) is 10.0 Å². The van der Waals surface area contributed by atoms with E-state index in [2.05, 4.69) is 4.72 Å². The molecule has 0 radical (unpaired) electrons. The Kier molecular flexibility index (Phi) is 3.86. The zero-order valence-electron chi connectivity index (χ0n) is 6.93. The van der Waals surface area contributed by atoms with Crippen LogP contribution in [0.2, 0.25) is 0 Å². The van der Waals surface area contributed by atoms with E-state index in [4.69, 9.17) is 5.11 Å². The first-order valence-corrected chi connectivity index (χ1v) is 6.28. The van der Waals surface area contributed by atoms with E-state index in [0.717, 1.165) is 4.88 Å². The molecule has 0 unspecified atom stereocenters. The van der Waals surface area contributed by atoms with Gasteiger partial charge in [0.1, 0.15) is 0 Å². The third-order valence-electron chi connectivity index (χ3n) is 1.41. The Morgan fingerprint density at radius 3 is 2.85 bits per heavy atom. The third kappa shape index (κ3) is 3.86. The van der Waals surface area contributed by atoms with Crippen molar-refractivity contribution in [2.24, 2.45) is 0 Å². The summed E-state index contributed by atoms with van der Waals surface area (Å²) in [4.78, 5) is 0.960. The van der Waals surface area contributed by atoms with Crippen LogP contribution >= 0.6 is 11.3 Å². The molecule has 4 nitrogen and oxygen atoms in total. The van der Waals surface area contributed by atoms with Crippen molar-refractivity contribution in [2.45, 2.75) is 6.54 Å². The predicted molar refractivity (Wildman–Crippen MR) is 52.0 cm³/mol. The molecule has 0 aliphatic heterocycles. The highest BCUT2D eigenvalue weighted by atomic mass is 32.2. The van der Waals surface area contributed by atoms with Crippen LogP contribution in [-0.2, 0) is 16.6 Å². The average Bonchev–Trinajstić information content (AvgIpc) is 2.52. The van der Waals surface area contributed by atoms with Crippen LogP contribution in [0.3, 0.4) is 0 Å². The molecule has 0 spiro atoms. The molecule has 0 saturated carbocycles. The van der Waals surface area contributed by atoms with Gasteiger partial charge in [-0.3, -0.25) is 0 Å². The van der Waals surface area contributed by atoms with Crippen molar-refractivity contribution in [2.75, 3.05) is 12.4 Å². The molecule has 0 atom stereocenters. The fraction of sp³-hybridized carbons (Fsp3) is 0.429. The van der Waals surface area contributed by atoms with Crippen LogP contribution in [0.25, 0.3) is 0 Å². The van der Waals surface area contributed by atoms with Crippen LogP contribution in [0.1, 0.15) is 4.88 Å². The van der Waals surface area contributed by atoms with Crippen molar-refractivity contribution >= 4 is 21.4 Å². The molecule has 1 aromatic rings. The van der Waals surface area contributed by atoms with Gasteiger partial charge in [0.15, 0.2) is 0 Å². The van der Waals surface area contributed by atoms with Gasteiger partial charge in [0.05, 0.1) is 12.4 Å². The second kappa shape index (κ2) is 4.71. The molecule has 0 fully saturated rings. The summed E-state index contributed by atoms with van der Waals surface area (Å²) >= 11 is 1.49. The van der Waals surface area contributed by atoms with E-state index in [1.165, 1.54) is 11.3 Å². The molecule has 74 valence electrons. The summed E-state index contributed by atoms with van der Waals surface area (Å²) in [5.74, 6) is -0.238. The van der Waals surface area contributed by atoms with Gasteiger partial charge in [-0.25, -0.2) is 13.1 Å². The molecule has 1 rings (SSSR count). The van der Waals surface area contributed by atoms with Gasteiger partial charge in [0, 0.05) is 11.4 Å². The minimum absolute atomic E-state index is 0.238. The third-order valence-corrected chi connectivity index (χ3v) is 3.59. The molecule has 1 aromatic heterocycles. The SMILES string of the molecule is O=S(=O)(CCO)NCc1cccs1. The Labute approximate surface area is 81.3 Å². The van der Waals surface area contributed by atoms with E-state index in [-0.39, 0.29) is 12.4 Å². The monoisotopic (exact) mass is 221 g/mol. The Morgan fingerprint density at radius 2 is 2.31 bits per heavy atom. The Bertz CT molecular complexity index is 331. The van der Waals surface area contributed by atoms with E-state index >= 15 is 0 Å². The molecular weight excluding hydrogens is 210 g/mol. The summed E-state index contributed by atoms with van der Waals surface area (Å²) in [5.41, 5.74) is 0. The first-order chi connectivity index (χ1) is 6.14. The maximum atomic E-state index is 11.1. The van der Waals surface area contributed by atoms with E-state index in [0.29, 0.717) is 6.54 Å². The largest absolute Gasteiger partial charge is 0.395 e. The van der Waals surface area contributed by atoms with Gasteiger partial charge < -0.3 is 5.11 Å². The van der Waals surface area contributed by atoms with Crippen molar-refractivity contribution < 1.29 is 13.5 Å². The zero-order valence-corrected chi connectivity index (χ0v) is 8.57. The van der Waals surface area contributed by atoms with Crippen LogP contribution < -0.4 is 4.72 Å². The standard InChI is InChI=1S/C7H11NO3S2/c9-3-5-13(10,11)8-6-7-2-1-4-12-7/h1-2,4,8-9H,3,5-6H2. The first kappa shape index (κ1) is 10.6. The minimum Gasteiger partial charge on any atom is -0.395 e. The number of hydrogen-bond acceptors (Lipinski definition) is 4. The number of sulfonamides is 1. The second-order valence-electron chi connectivity index (χ2n) is 2.44. The highest BCUT2D eigenvalue weighted by Gasteiger charge is 2.08. The second-order valence-corrected chi connectivity index (χ2v) is 5.40. The summed E-state index contributed by atoms with van der Waals surface area (Å²) in [7, 11) is -3.30. The van der Waals surface area contributed by atoms with E-state index in [1.807, 2.05) is 17.5 Å². The Balaban J connectivity index is 2.43. The van der Waals surface area contributed by atoms with E-state index in [9.17, 15) is 8.42 Å². The topological polar surface area (TPSA) is 66.4 Å². The maximum absolute atomic E-state index is 11.1. The fourth-order valence-electron chi connectivity index (χ4n) is 0.787. The van der Waals surface area contributed by atoms with Gasteiger partial charge in [0.25, 0.3) is 0 Å². The Hall–Kier alpha value is -0.430. The van der Waals surface area contributed by atoms with Crippen molar-refractivity contribution in [3.63, 3.8) is 0 Å². The van der Waals surface area contributed by atoms with Crippen LogP contribution in [0.5, 0.6) is 0 Å². The van der Waals surface area contributed by atoms with Crippen LogP contribution in [0.4, 0.5) is 0 Å². The molecule has 13 heavy (non-hydrogen) atoms. The van der Waals surface area contributed by atoms with E-state index < -0.39 is 10.0 Å². The lowest BCUT2D eigenvalue weighted by Crippen LogP contribution is -2.26. The van der Waals surface area contributed by atoms with Crippen LogP contribution in [-0.4, -0.2) is 25.9 Å². The van der Waals surface area contributed by atoms with Gasteiger partial charge in [-0.1, -0.05) is 6.07 Å². The smallest absolute Gasteiger partial charge is 0.214 e. The summed E-state index contributed by atoms with van der Waals surface area (Å²) < 4.78 is 24.5. The van der Waals surface area contributed by atoms with Gasteiger partial charge in [-0.2, -0.15) is 0 Å². The Morgan fingerprint density at radius 1 is 1.54 bits per heavy atom. The van der Waals surface area contributed by atoms with Crippen LogP contribution in [0, 0.1) is 0 Å². The summed E-state index contributed by atoms with van der Waals surface area (Å²) in [6.07, 6.45) is 0. The molecule has 0 aliphatic rings. The number of aliphatic hydroxyl groups excluding tert-OH is 1. The van der Waals surface area contributed by atoms with Crippen molar-refractivity contribution in [1.82, 2.24) is 4.72 Å². The first-order valence-electron chi connectivity index (χ1n) is 3.74. The number of thiophene rings is 1. The molecule has 0 aromatic carbocycles. The van der Waals surface area contributed by atoms with Crippen molar-refractivity contribution in [1.29, 1.82) is 0 Å². The van der Waals surface area contributed by atoms with Gasteiger partial charge >= 0.3 is 0 Å². The molecule has 0 aliphatic carbocycles. The maximum Gasteiger partial charge on any atom is 0.214 e. The fourth-order valence-corrected chi connectivity index (χ4v) is 2.28. The minimum atomic E-state index is -3.30. The lowest BCUT2D eigenvalue weighted by Gasteiger charge is -2.02. The molecule has 0 bridgehead atoms. The molecular formula is C7H11NO3S2. The predicted octanol–water partition coefficient (Wildman–Crippen LogP) is 0.160. The quantitative estimate of drug-likeness (QED) is 0.744. The summed E-state index contributed by atoms with van der Waals surface area (Å²) in [6.45, 7) is -0.0419. The average molecular weight is 221 g/mol. The molecule has 1 heterocycles. The van der Waals surface area contributed by atoms with Gasteiger partial charge in [-0.15, -0.1) is 11.3 Å². The number of aliphatic hydroxyl groups is 1. The zero-order chi connectivity index (χ0) is 9.73. The lowest BCUT2D eigenvalue weighted by atomic mass is 10.5. The molecule has 2 N–H and O–H groups in total. The molecule has 0 saturated heterocycles. The number of rotatable bonds is 5. The van der Waals surface area contributed by atoms with Gasteiger partial charge in [-0.05, 0) is 11.4 Å². The number of hydrogen-bond donors (Lipinski definition) is 2. The molecule has 6 heteroatoms. The van der Waals surface area contributed by atoms with Crippen molar-refractivity contribution in [3.05, 3.63) is 22.4 Å². The summed E-state index contributed by atoms with van der Waals surface area (Å²) in [5, 5.41) is 10.3. The number of nitrogens with one attached hydrogen (secondary N) is 1. The molecule has 0 amide bonds. The lowest BCUT2D eigenvalue weighted by molar-refractivity contribution is 0.319. The normalized spacial score (nSPS) is 11.8. The van der Waals surface area contributed by atoms with Crippen molar-refractivity contribution in [3.8, 4) is 0 Å². The highest BCUT2D eigenvalue weighted by molar-refractivity contribution is 7.89. The highest BCUT2D eigenvalue weighted by Crippen LogP contribution is 2.07.